The van der Waals surface area contributed by atoms with Gasteiger partial charge in [-0.05, 0) is 6.07 Å². The molecular weight excluding hydrogens is 338 g/mol. The Kier molecular flexibility index (Phi) is 3.10. The lowest BCUT2D eigenvalue weighted by Crippen LogP contribution is -2.60. The van der Waals surface area contributed by atoms with E-state index in [0.717, 1.165) is 0 Å². The molecule has 10 nitrogen and oxygen atoms in total. The maximum Gasteiger partial charge on any atom is 0.407 e. The third-order valence-electron chi connectivity index (χ3n) is 4.19. The Balaban J connectivity index is 1.79. The van der Waals surface area contributed by atoms with Crippen LogP contribution >= 0.6 is 11.6 Å². The Morgan fingerprint density at radius 2 is 2.25 bits per heavy atom. The first-order valence-electron chi connectivity index (χ1n) is 7.08. The number of nitrogens with zero attached hydrogens (tertiary/aromatic N) is 6. The predicted octanol–water partition coefficient (Wildman–Crippen LogP) is 0.418. The molecule has 1 aliphatic heterocycles. The van der Waals surface area contributed by atoms with Crippen molar-refractivity contribution < 1.29 is 9.90 Å². The third-order valence-corrected chi connectivity index (χ3v) is 4.47. The van der Waals surface area contributed by atoms with E-state index in [1.807, 2.05) is 4.90 Å². The number of hydrogen-bond acceptors (Lipinski definition) is 6. The van der Waals surface area contributed by atoms with E-state index >= 15 is 0 Å². The van der Waals surface area contributed by atoms with Gasteiger partial charge in [0, 0.05) is 20.1 Å². The van der Waals surface area contributed by atoms with E-state index in [1.165, 1.54) is 24.3 Å². The van der Waals surface area contributed by atoms with Crippen LogP contribution in [-0.2, 0) is 0 Å². The molecular formula is C13H12ClN7O3. The summed E-state index contributed by atoms with van der Waals surface area (Å²) in [6.45, 7) is 0.975. The Bertz CT molecular complexity index is 1020. The molecule has 4 heterocycles. The summed E-state index contributed by atoms with van der Waals surface area (Å²) in [4.78, 5) is 33.0. The van der Waals surface area contributed by atoms with Gasteiger partial charge in [0.05, 0.1) is 11.6 Å². The minimum Gasteiger partial charge on any atom is -0.465 e. The zero-order chi connectivity index (χ0) is 17.0. The normalized spacial score (nSPS) is 15.0. The molecule has 4 rings (SSSR count). The van der Waals surface area contributed by atoms with Gasteiger partial charge in [0.25, 0.3) is 5.56 Å². The Hall–Kier alpha value is -2.88. The minimum absolute atomic E-state index is 0.0548. The molecule has 0 bridgehead atoms. The van der Waals surface area contributed by atoms with Crippen LogP contribution in [0.2, 0.25) is 5.02 Å². The zero-order valence-electron chi connectivity index (χ0n) is 12.5. The standard InChI is InChI=1S/C13H12ClN7O3/c1-19(13(23)24)6-3-20(4-6)10-11-18-15-5-21(11)8-2-7(14)12(22)17-9(8)16-10/h2,5-6H,3-4H2,1H3,(H,17,22)(H,23,24). The highest BCUT2D eigenvalue weighted by Gasteiger charge is 2.35. The Morgan fingerprint density at radius 1 is 1.50 bits per heavy atom. The predicted molar refractivity (Wildman–Crippen MR) is 85.7 cm³/mol. The van der Waals surface area contributed by atoms with Gasteiger partial charge >= 0.3 is 6.09 Å². The van der Waals surface area contributed by atoms with Gasteiger partial charge in [0.15, 0.2) is 11.5 Å². The van der Waals surface area contributed by atoms with Crippen molar-refractivity contribution in [1.29, 1.82) is 0 Å². The van der Waals surface area contributed by atoms with Gasteiger partial charge in [-0.2, -0.15) is 0 Å². The number of nitrogens with one attached hydrogen (secondary N) is 1. The van der Waals surface area contributed by atoms with Crippen LogP contribution in [0, 0.1) is 0 Å². The second-order valence-corrected chi connectivity index (χ2v) is 6.00. The molecule has 1 amide bonds. The van der Waals surface area contributed by atoms with Crippen molar-refractivity contribution in [2.75, 3.05) is 25.0 Å². The summed E-state index contributed by atoms with van der Waals surface area (Å²) in [6, 6.07) is 1.40. The molecule has 1 fully saturated rings. The van der Waals surface area contributed by atoms with Gasteiger partial charge in [-0.25, -0.2) is 9.78 Å². The van der Waals surface area contributed by atoms with Crippen LogP contribution in [0.5, 0.6) is 0 Å². The lowest BCUT2D eigenvalue weighted by atomic mass is 10.1. The average molecular weight is 350 g/mol. The molecule has 0 saturated carbocycles. The number of fused-ring (bicyclic) bond motifs is 3. The quantitative estimate of drug-likeness (QED) is 0.687. The molecule has 0 unspecified atom stereocenters. The molecule has 124 valence electrons. The molecule has 0 spiro atoms. The fourth-order valence-corrected chi connectivity index (χ4v) is 2.87. The van der Waals surface area contributed by atoms with Crippen molar-refractivity contribution in [1.82, 2.24) is 29.5 Å². The molecule has 0 aliphatic carbocycles. The highest BCUT2D eigenvalue weighted by molar-refractivity contribution is 6.30. The highest BCUT2D eigenvalue weighted by Crippen LogP contribution is 2.27. The van der Waals surface area contributed by atoms with Crippen molar-refractivity contribution in [3.8, 4) is 0 Å². The number of pyridine rings is 1. The van der Waals surface area contributed by atoms with Crippen LogP contribution in [0.1, 0.15) is 0 Å². The summed E-state index contributed by atoms with van der Waals surface area (Å²) < 4.78 is 1.69. The minimum atomic E-state index is -0.974. The molecule has 11 heteroatoms. The smallest absolute Gasteiger partial charge is 0.407 e. The lowest BCUT2D eigenvalue weighted by Gasteiger charge is -2.43. The summed E-state index contributed by atoms with van der Waals surface area (Å²) in [5, 5.41) is 17.0. The topological polar surface area (TPSA) is 120 Å². The van der Waals surface area contributed by atoms with Crippen molar-refractivity contribution in [3.63, 3.8) is 0 Å². The summed E-state index contributed by atoms with van der Waals surface area (Å²) in [6.07, 6.45) is 0.538. The Morgan fingerprint density at radius 3 is 2.96 bits per heavy atom. The van der Waals surface area contributed by atoms with E-state index in [1.54, 1.807) is 4.40 Å². The van der Waals surface area contributed by atoms with Crippen LogP contribution in [0.3, 0.4) is 0 Å². The summed E-state index contributed by atoms with van der Waals surface area (Å²) in [5.41, 5.74) is 1.04. The number of carboxylic acid groups (broad SMARTS) is 1. The maximum absolute atomic E-state index is 11.7. The molecule has 24 heavy (non-hydrogen) atoms. The molecule has 0 atom stereocenters. The fourth-order valence-electron chi connectivity index (χ4n) is 2.72. The van der Waals surface area contributed by atoms with Gasteiger partial charge in [-0.3, -0.25) is 9.20 Å². The number of hydrogen-bond donors (Lipinski definition) is 2. The molecule has 0 radical (unpaired) electrons. The average Bonchev–Trinajstić information content (AvgIpc) is 2.97. The second kappa shape index (κ2) is 5.06. The van der Waals surface area contributed by atoms with E-state index in [2.05, 4.69) is 20.2 Å². The Labute approximate surface area is 139 Å². The number of carbonyl (C=O) groups is 1. The van der Waals surface area contributed by atoms with Crippen molar-refractivity contribution >= 4 is 40.3 Å². The van der Waals surface area contributed by atoms with Crippen LogP contribution in [0.4, 0.5) is 10.6 Å². The van der Waals surface area contributed by atoms with E-state index < -0.39 is 11.7 Å². The van der Waals surface area contributed by atoms with Crippen LogP contribution in [0.25, 0.3) is 16.8 Å². The summed E-state index contributed by atoms with van der Waals surface area (Å²) in [5.74, 6) is 0.535. The number of likely N-dealkylation sites (N-methyl/N-ethyl adjacent to an activating group) is 1. The fraction of sp³-hybridized carbons (Fsp3) is 0.308. The largest absolute Gasteiger partial charge is 0.465 e. The lowest BCUT2D eigenvalue weighted by molar-refractivity contribution is 0.130. The molecule has 3 aromatic rings. The van der Waals surface area contributed by atoms with Crippen LogP contribution < -0.4 is 10.5 Å². The van der Waals surface area contributed by atoms with Gasteiger partial charge < -0.3 is 19.9 Å². The molecule has 3 aromatic heterocycles. The van der Waals surface area contributed by atoms with E-state index in [-0.39, 0.29) is 11.1 Å². The maximum atomic E-state index is 11.7. The van der Waals surface area contributed by atoms with Crippen molar-refractivity contribution in [2.45, 2.75) is 6.04 Å². The third kappa shape index (κ3) is 2.07. The number of amides is 1. The first kappa shape index (κ1) is 14.7. The van der Waals surface area contributed by atoms with Crippen molar-refractivity contribution in [3.05, 3.63) is 27.8 Å². The van der Waals surface area contributed by atoms with E-state index in [4.69, 9.17) is 16.7 Å². The first-order chi connectivity index (χ1) is 11.5. The number of aromatic nitrogens is 5. The molecule has 1 saturated heterocycles. The first-order valence-corrected chi connectivity index (χ1v) is 7.46. The van der Waals surface area contributed by atoms with Crippen LogP contribution in [0.15, 0.2) is 17.2 Å². The monoisotopic (exact) mass is 349 g/mol. The molecule has 0 aromatic carbocycles. The van der Waals surface area contributed by atoms with E-state index in [9.17, 15) is 9.59 Å². The second-order valence-electron chi connectivity index (χ2n) is 5.59. The van der Waals surface area contributed by atoms with Gasteiger partial charge in [-0.15, -0.1) is 10.2 Å². The number of rotatable bonds is 2. The zero-order valence-corrected chi connectivity index (χ0v) is 13.2. The van der Waals surface area contributed by atoms with E-state index in [0.29, 0.717) is 35.7 Å². The van der Waals surface area contributed by atoms with Gasteiger partial charge in [0.2, 0.25) is 5.65 Å². The number of anilines is 1. The highest BCUT2D eigenvalue weighted by atomic mass is 35.5. The van der Waals surface area contributed by atoms with Crippen LogP contribution in [-0.4, -0.2) is 66.8 Å². The van der Waals surface area contributed by atoms with Gasteiger partial charge in [0.1, 0.15) is 11.3 Å². The number of halogens is 1. The summed E-state index contributed by atoms with van der Waals surface area (Å²) >= 11 is 5.88. The number of aromatic amines is 1. The number of H-pyrrole nitrogens is 1. The SMILES string of the molecule is CN(C(=O)O)C1CN(c2nc3[nH]c(=O)c(Cl)cc3n3cnnc23)C1. The van der Waals surface area contributed by atoms with Gasteiger partial charge in [-0.1, -0.05) is 11.6 Å². The molecule has 1 aliphatic rings. The molecule has 2 N–H and O–H groups in total. The summed E-state index contributed by atoms with van der Waals surface area (Å²) in [7, 11) is 1.53. The van der Waals surface area contributed by atoms with Crippen molar-refractivity contribution in [2.24, 2.45) is 0 Å².